The highest BCUT2D eigenvalue weighted by Crippen LogP contribution is 2.36. The van der Waals surface area contributed by atoms with E-state index in [0.717, 1.165) is 23.2 Å². The number of aryl methyl sites for hydroxylation is 1. The fraction of sp³-hybridized carbons (Fsp3) is 0.115. The monoisotopic (exact) mass is 495 g/mol. The van der Waals surface area contributed by atoms with Gasteiger partial charge >= 0.3 is 5.97 Å². The van der Waals surface area contributed by atoms with E-state index in [1.165, 1.54) is 4.90 Å². The van der Waals surface area contributed by atoms with Crippen LogP contribution in [0.15, 0.2) is 72.8 Å². The van der Waals surface area contributed by atoms with Gasteiger partial charge in [0.05, 0.1) is 11.4 Å². The number of aromatic carboxylic acids is 1. The van der Waals surface area contributed by atoms with Crippen LogP contribution in [0.25, 0.3) is 28.3 Å². The second-order valence-electron chi connectivity index (χ2n) is 7.65. The van der Waals surface area contributed by atoms with Crippen molar-refractivity contribution in [1.82, 2.24) is 14.5 Å². The van der Waals surface area contributed by atoms with E-state index < -0.39 is 5.97 Å². The largest absolute Gasteiger partial charge is 0.476 e. The summed E-state index contributed by atoms with van der Waals surface area (Å²) in [5, 5.41) is 11.0. The van der Waals surface area contributed by atoms with Crippen LogP contribution in [0.1, 0.15) is 16.1 Å². The number of amides is 1. The highest BCUT2D eigenvalue weighted by Gasteiger charge is 2.26. The quantitative estimate of drug-likeness (QED) is 0.333. The first-order valence-electron chi connectivity index (χ1n) is 10.3. The Labute approximate surface area is 208 Å². The molecule has 0 saturated carbocycles. The maximum absolute atomic E-state index is 12.1. The fourth-order valence-electron chi connectivity index (χ4n) is 3.31. The molecule has 0 atom stereocenters. The van der Waals surface area contributed by atoms with E-state index in [0.29, 0.717) is 27.1 Å². The number of hydrogen-bond acceptors (Lipinski definition) is 3. The van der Waals surface area contributed by atoms with Crippen molar-refractivity contribution in [1.29, 1.82) is 0 Å². The average Bonchev–Trinajstić information content (AvgIpc) is 3.22. The first kappa shape index (κ1) is 25.0. The lowest BCUT2D eigenvalue weighted by atomic mass is 10.1. The summed E-state index contributed by atoms with van der Waals surface area (Å²) in [6.45, 7) is 1.95. The minimum absolute atomic E-state index is 0.0505. The molecule has 4 aromatic rings. The number of hydrogen-bond donors (Lipinski definition) is 1. The number of halogens is 2. The maximum Gasteiger partial charge on any atom is 0.356 e. The van der Waals surface area contributed by atoms with Crippen LogP contribution in [0.2, 0.25) is 10.0 Å². The summed E-state index contributed by atoms with van der Waals surface area (Å²) in [5.41, 5.74) is 3.54. The Hall–Kier alpha value is -3.61. The number of carboxylic acid groups (broad SMARTS) is 1. The number of imidazole rings is 1. The Balaban J connectivity index is 0.000000588. The summed E-state index contributed by atoms with van der Waals surface area (Å²) >= 11 is 12.5. The van der Waals surface area contributed by atoms with Crippen LogP contribution in [-0.2, 0) is 4.79 Å². The third-order valence-electron chi connectivity index (χ3n) is 4.83. The van der Waals surface area contributed by atoms with Crippen molar-refractivity contribution in [2.45, 2.75) is 6.92 Å². The Morgan fingerprint density at radius 1 is 0.941 bits per heavy atom. The molecule has 0 aliphatic carbocycles. The Bertz CT molecular complexity index is 1320. The van der Waals surface area contributed by atoms with Crippen molar-refractivity contribution in [3.63, 3.8) is 0 Å². The summed E-state index contributed by atoms with van der Waals surface area (Å²) in [7, 11) is 3.38. The molecule has 174 valence electrons. The summed E-state index contributed by atoms with van der Waals surface area (Å²) in [5.74, 6) is -0.598. The topological polar surface area (TPSA) is 75.4 Å². The van der Waals surface area contributed by atoms with Gasteiger partial charge in [-0.3, -0.25) is 9.36 Å². The molecule has 0 fully saturated rings. The van der Waals surface area contributed by atoms with Gasteiger partial charge in [-0.05, 0) is 36.8 Å². The normalized spacial score (nSPS) is 10.3. The van der Waals surface area contributed by atoms with Gasteiger partial charge in [0.15, 0.2) is 5.69 Å². The van der Waals surface area contributed by atoms with Gasteiger partial charge in [0, 0.05) is 35.3 Å². The van der Waals surface area contributed by atoms with E-state index in [-0.39, 0.29) is 5.69 Å². The summed E-state index contributed by atoms with van der Waals surface area (Å²) in [6, 6.07) is 22.1. The molecule has 0 unspecified atom stereocenters. The van der Waals surface area contributed by atoms with Crippen molar-refractivity contribution < 1.29 is 14.7 Å². The highest BCUT2D eigenvalue weighted by molar-refractivity contribution is 6.31. The summed E-state index contributed by atoms with van der Waals surface area (Å²) < 4.78 is 1.84. The van der Waals surface area contributed by atoms with Gasteiger partial charge in [0.2, 0.25) is 6.41 Å². The molecule has 0 radical (unpaired) electrons. The van der Waals surface area contributed by atoms with Crippen LogP contribution < -0.4 is 0 Å². The van der Waals surface area contributed by atoms with E-state index >= 15 is 0 Å². The van der Waals surface area contributed by atoms with Gasteiger partial charge in [-0.15, -0.1) is 0 Å². The molecular weight excluding hydrogens is 473 g/mol. The van der Waals surface area contributed by atoms with Crippen molar-refractivity contribution >= 4 is 35.6 Å². The lowest BCUT2D eigenvalue weighted by Crippen LogP contribution is -2.06. The molecule has 0 aliphatic rings. The van der Waals surface area contributed by atoms with Crippen LogP contribution in [-0.4, -0.2) is 46.0 Å². The SMILES string of the molecule is CN(C)C=O.Cc1ccc(Cl)cc1-n1c(-c2ccccc2)nc(C(=O)O)c1-c1cccc(Cl)c1. The van der Waals surface area contributed by atoms with E-state index in [4.69, 9.17) is 23.2 Å². The molecule has 34 heavy (non-hydrogen) atoms. The number of aromatic nitrogens is 2. The molecule has 3 aromatic carbocycles. The number of benzene rings is 3. The zero-order valence-electron chi connectivity index (χ0n) is 18.9. The van der Waals surface area contributed by atoms with Crippen LogP contribution in [0, 0.1) is 6.92 Å². The number of rotatable bonds is 5. The summed E-state index contributed by atoms with van der Waals surface area (Å²) in [6.07, 6.45) is 0.750. The highest BCUT2D eigenvalue weighted by atomic mass is 35.5. The van der Waals surface area contributed by atoms with Crippen molar-refractivity contribution in [2.24, 2.45) is 0 Å². The zero-order valence-corrected chi connectivity index (χ0v) is 20.4. The van der Waals surface area contributed by atoms with E-state index in [1.807, 2.05) is 60.0 Å². The van der Waals surface area contributed by atoms with E-state index in [1.54, 1.807) is 38.4 Å². The Kier molecular flexibility index (Phi) is 8.10. The Morgan fingerprint density at radius 3 is 2.15 bits per heavy atom. The molecule has 0 aliphatic heterocycles. The van der Waals surface area contributed by atoms with Crippen molar-refractivity contribution in [2.75, 3.05) is 14.1 Å². The Morgan fingerprint density at radius 2 is 1.56 bits per heavy atom. The van der Waals surface area contributed by atoms with Crippen LogP contribution in [0.5, 0.6) is 0 Å². The predicted molar refractivity (Wildman–Crippen MR) is 136 cm³/mol. The number of carbonyl (C=O) groups is 2. The van der Waals surface area contributed by atoms with Crippen LogP contribution in [0.3, 0.4) is 0 Å². The standard InChI is InChI=1S/C23H16Cl2N2O2.C3H7NO/c1-14-10-11-18(25)13-19(14)27-21(16-8-5-9-17(24)12-16)20(23(28)29)26-22(27)15-6-3-2-4-7-15;1-4(2)3-5/h2-13H,1H3,(H,28,29);3H,1-2H3. The minimum Gasteiger partial charge on any atom is -0.476 e. The molecule has 6 nitrogen and oxygen atoms in total. The minimum atomic E-state index is -1.12. The number of carboxylic acids is 1. The molecule has 0 saturated heterocycles. The van der Waals surface area contributed by atoms with E-state index in [9.17, 15) is 14.7 Å². The van der Waals surface area contributed by atoms with Gasteiger partial charge in [-0.2, -0.15) is 0 Å². The van der Waals surface area contributed by atoms with Crippen molar-refractivity contribution in [3.05, 3.63) is 94.1 Å². The fourth-order valence-corrected chi connectivity index (χ4v) is 3.67. The lowest BCUT2D eigenvalue weighted by molar-refractivity contribution is -0.115. The zero-order chi connectivity index (χ0) is 24.8. The molecular formula is C26H23Cl2N3O3. The van der Waals surface area contributed by atoms with Gasteiger partial charge in [-0.25, -0.2) is 9.78 Å². The summed E-state index contributed by atoms with van der Waals surface area (Å²) in [4.78, 5) is 27.5. The molecule has 1 amide bonds. The average molecular weight is 496 g/mol. The molecule has 1 N–H and O–H groups in total. The molecule has 8 heteroatoms. The van der Waals surface area contributed by atoms with Crippen LogP contribution >= 0.6 is 23.2 Å². The third-order valence-corrected chi connectivity index (χ3v) is 5.30. The molecule has 1 aromatic heterocycles. The molecule has 4 rings (SSSR count). The number of nitrogens with zero attached hydrogens (tertiary/aromatic N) is 3. The number of carbonyl (C=O) groups excluding carboxylic acids is 1. The third kappa shape index (κ3) is 5.65. The second-order valence-corrected chi connectivity index (χ2v) is 8.52. The smallest absolute Gasteiger partial charge is 0.356 e. The first-order valence-corrected chi connectivity index (χ1v) is 11.0. The van der Waals surface area contributed by atoms with E-state index in [2.05, 4.69) is 4.98 Å². The molecule has 0 spiro atoms. The molecule has 0 bridgehead atoms. The first-order chi connectivity index (χ1) is 16.2. The van der Waals surface area contributed by atoms with Gasteiger partial charge in [-0.1, -0.05) is 71.7 Å². The lowest BCUT2D eigenvalue weighted by Gasteiger charge is -2.16. The maximum atomic E-state index is 12.1. The van der Waals surface area contributed by atoms with Crippen LogP contribution in [0.4, 0.5) is 0 Å². The molecule has 1 heterocycles. The van der Waals surface area contributed by atoms with Gasteiger partial charge in [0.1, 0.15) is 5.82 Å². The second kappa shape index (κ2) is 11.0. The predicted octanol–water partition coefficient (Wildman–Crippen LogP) is 6.22. The van der Waals surface area contributed by atoms with Crippen molar-refractivity contribution in [3.8, 4) is 28.3 Å². The van der Waals surface area contributed by atoms with Gasteiger partial charge < -0.3 is 10.0 Å². The van der Waals surface area contributed by atoms with Gasteiger partial charge in [0.25, 0.3) is 0 Å².